The number of ether oxygens (including phenoxy) is 1. The molecule has 0 amide bonds. The summed E-state index contributed by atoms with van der Waals surface area (Å²) in [6.45, 7) is 11.2. The SMILES string of the molecule is CC1C2CC(CC2C(=O)OC(C)(C)C)C1C1C(C)C2CC(CNS(C)(=O)=O)C1C2. The molecule has 1 N–H and O–H groups in total. The lowest BCUT2D eigenvalue weighted by atomic mass is 9.61. The molecule has 0 aliphatic heterocycles. The van der Waals surface area contributed by atoms with Crippen molar-refractivity contribution in [1.29, 1.82) is 0 Å². The molecule has 0 radical (unpaired) electrons. The summed E-state index contributed by atoms with van der Waals surface area (Å²) in [7, 11) is -3.13. The average molecular weight is 426 g/mol. The van der Waals surface area contributed by atoms with Crippen molar-refractivity contribution >= 4 is 16.0 Å². The van der Waals surface area contributed by atoms with Gasteiger partial charge in [-0.05, 0) is 99.7 Å². The summed E-state index contributed by atoms with van der Waals surface area (Å²) in [5.41, 5.74) is -0.416. The third kappa shape index (κ3) is 4.00. The monoisotopic (exact) mass is 425 g/mol. The van der Waals surface area contributed by atoms with Crippen LogP contribution < -0.4 is 4.72 Å². The molecule has 0 saturated heterocycles. The van der Waals surface area contributed by atoms with Crippen molar-refractivity contribution in [2.24, 2.45) is 59.2 Å². The maximum absolute atomic E-state index is 12.8. The molecule has 0 heterocycles. The summed E-state index contributed by atoms with van der Waals surface area (Å²) in [4.78, 5) is 12.8. The van der Waals surface area contributed by atoms with Gasteiger partial charge in [0.15, 0.2) is 0 Å². The van der Waals surface area contributed by atoms with E-state index >= 15 is 0 Å². The minimum absolute atomic E-state index is 0.00604. The minimum atomic E-state index is -3.13. The molecular weight excluding hydrogens is 386 g/mol. The maximum Gasteiger partial charge on any atom is 0.309 e. The maximum atomic E-state index is 12.8. The van der Waals surface area contributed by atoms with Gasteiger partial charge in [0.1, 0.15) is 5.60 Å². The molecule has 10 atom stereocenters. The molecule has 4 bridgehead atoms. The van der Waals surface area contributed by atoms with Gasteiger partial charge in [0.05, 0.1) is 12.2 Å². The molecule has 29 heavy (non-hydrogen) atoms. The van der Waals surface area contributed by atoms with E-state index in [-0.39, 0.29) is 11.9 Å². The Morgan fingerprint density at radius 2 is 1.62 bits per heavy atom. The van der Waals surface area contributed by atoms with E-state index in [2.05, 4.69) is 18.6 Å². The summed E-state index contributed by atoms with van der Waals surface area (Å²) in [5.74, 6) is 5.66. The number of fused-ring (bicyclic) bond motifs is 4. The third-order valence-corrected chi connectivity index (χ3v) is 9.56. The highest BCUT2D eigenvalue weighted by molar-refractivity contribution is 7.88. The van der Waals surface area contributed by atoms with Crippen molar-refractivity contribution in [3.63, 3.8) is 0 Å². The minimum Gasteiger partial charge on any atom is -0.460 e. The molecule has 4 rings (SSSR count). The molecule has 0 aromatic carbocycles. The number of esters is 1. The quantitative estimate of drug-likeness (QED) is 0.682. The predicted octanol–water partition coefficient (Wildman–Crippen LogP) is 3.69. The van der Waals surface area contributed by atoms with Gasteiger partial charge in [0, 0.05) is 6.54 Å². The lowest BCUT2D eigenvalue weighted by molar-refractivity contribution is -0.163. The number of hydrogen-bond donors (Lipinski definition) is 1. The zero-order chi connectivity index (χ0) is 21.3. The Kier molecular flexibility index (Phi) is 5.38. The zero-order valence-electron chi connectivity index (χ0n) is 18.9. The van der Waals surface area contributed by atoms with E-state index in [0.717, 1.165) is 18.3 Å². The van der Waals surface area contributed by atoms with E-state index in [0.29, 0.717) is 48.0 Å². The Balaban J connectivity index is 1.45. The van der Waals surface area contributed by atoms with Crippen LogP contribution in [0.2, 0.25) is 0 Å². The second-order valence-electron chi connectivity index (χ2n) is 11.7. The molecule has 0 aromatic rings. The van der Waals surface area contributed by atoms with Crippen LogP contribution in [-0.4, -0.2) is 32.8 Å². The number of rotatable bonds is 5. The molecule has 4 saturated carbocycles. The van der Waals surface area contributed by atoms with Crippen LogP contribution >= 0.6 is 0 Å². The van der Waals surface area contributed by atoms with Gasteiger partial charge in [-0.2, -0.15) is 0 Å². The highest BCUT2D eigenvalue weighted by Crippen LogP contribution is 2.66. The molecular formula is C23H39NO4S. The Hall–Kier alpha value is -0.620. The topological polar surface area (TPSA) is 72.5 Å². The first-order valence-electron chi connectivity index (χ1n) is 11.5. The summed E-state index contributed by atoms with van der Waals surface area (Å²) in [6.07, 6.45) is 5.85. The highest BCUT2D eigenvalue weighted by atomic mass is 32.2. The van der Waals surface area contributed by atoms with Crippen LogP contribution in [0.15, 0.2) is 0 Å². The lowest BCUT2D eigenvalue weighted by Gasteiger charge is -2.44. The van der Waals surface area contributed by atoms with Gasteiger partial charge in [0.2, 0.25) is 10.0 Å². The lowest BCUT2D eigenvalue weighted by Crippen LogP contribution is -2.43. The summed E-state index contributed by atoms with van der Waals surface area (Å²) < 4.78 is 31.7. The van der Waals surface area contributed by atoms with Gasteiger partial charge in [-0.15, -0.1) is 0 Å². The van der Waals surface area contributed by atoms with E-state index in [9.17, 15) is 13.2 Å². The van der Waals surface area contributed by atoms with Crippen molar-refractivity contribution < 1.29 is 17.9 Å². The molecule has 0 spiro atoms. The number of sulfonamides is 1. The molecule has 6 heteroatoms. The van der Waals surface area contributed by atoms with E-state index in [1.807, 2.05) is 20.8 Å². The van der Waals surface area contributed by atoms with Gasteiger partial charge in [-0.25, -0.2) is 13.1 Å². The van der Waals surface area contributed by atoms with Gasteiger partial charge >= 0.3 is 5.97 Å². The van der Waals surface area contributed by atoms with Crippen molar-refractivity contribution in [3.05, 3.63) is 0 Å². The molecule has 4 aliphatic carbocycles. The largest absolute Gasteiger partial charge is 0.460 e. The van der Waals surface area contributed by atoms with Gasteiger partial charge < -0.3 is 4.74 Å². The third-order valence-electron chi connectivity index (χ3n) is 8.87. The number of hydrogen-bond acceptors (Lipinski definition) is 4. The van der Waals surface area contributed by atoms with Crippen LogP contribution in [0.5, 0.6) is 0 Å². The van der Waals surface area contributed by atoms with Crippen LogP contribution in [0.3, 0.4) is 0 Å². The Morgan fingerprint density at radius 3 is 2.17 bits per heavy atom. The predicted molar refractivity (Wildman–Crippen MR) is 113 cm³/mol. The molecule has 5 nitrogen and oxygen atoms in total. The second kappa shape index (κ2) is 7.22. The first kappa shape index (κ1) is 21.6. The first-order chi connectivity index (χ1) is 13.4. The highest BCUT2D eigenvalue weighted by Gasteiger charge is 2.61. The molecule has 10 unspecified atom stereocenters. The standard InChI is InChI=1S/C23H39NO4S/c1-12-14-7-16(11-24-29(6,26)27)18(8-14)21(12)20-13(2)17-9-15(20)10-19(17)22(25)28-23(3,4)5/h12-21,24H,7-11H2,1-6H3. The fourth-order valence-corrected chi connectivity index (χ4v) is 8.49. The van der Waals surface area contributed by atoms with Crippen molar-refractivity contribution in [2.75, 3.05) is 12.8 Å². The zero-order valence-corrected chi connectivity index (χ0v) is 19.7. The van der Waals surface area contributed by atoms with E-state index in [1.165, 1.54) is 25.5 Å². The van der Waals surface area contributed by atoms with Crippen LogP contribution in [-0.2, 0) is 19.6 Å². The number of nitrogens with one attached hydrogen (secondary N) is 1. The van der Waals surface area contributed by atoms with Crippen LogP contribution in [0.1, 0.15) is 60.3 Å². The van der Waals surface area contributed by atoms with E-state index in [4.69, 9.17) is 4.74 Å². The van der Waals surface area contributed by atoms with Crippen molar-refractivity contribution in [1.82, 2.24) is 4.72 Å². The van der Waals surface area contributed by atoms with Crippen molar-refractivity contribution in [3.8, 4) is 0 Å². The number of carbonyl (C=O) groups is 1. The Labute approximate surface area is 176 Å². The van der Waals surface area contributed by atoms with Gasteiger partial charge in [0.25, 0.3) is 0 Å². The summed E-state index contributed by atoms with van der Waals surface area (Å²) in [6, 6.07) is 0. The van der Waals surface area contributed by atoms with Crippen LogP contribution in [0, 0.1) is 59.2 Å². The fourth-order valence-electron chi connectivity index (χ4n) is 7.97. The summed E-state index contributed by atoms with van der Waals surface area (Å²) in [5, 5.41) is 0. The van der Waals surface area contributed by atoms with E-state index < -0.39 is 15.6 Å². The first-order valence-corrected chi connectivity index (χ1v) is 13.4. The van der Waals surface area contributed by atoms with Crippen LogP contribution in [0.4, 0.5) is 0 Å². The Bertz CT molecular complexity index is 755. The fraction of sp³-hybridized carbons (Fsp3) is 0.957. The Morgan fingerprint density at radius 1 is 0.966 bits per heavy atom. The second-order valence-corrected chi connectivity index (χ2v) is 13.5. The van der Waals surface area contributed by atoms with E-state index in [1.54, 1.807) is 0 Å². The average Bonchev–Trinajstić information content (AvgIpc) is 3.30. The number of carbonyl (C=O) groups excluding carboxylic acids is 1. The van der Waals surface area contributed by atoms with Gasteiger partial charge in [-0.1, -0.05) is 13.8 Å². The van der Waals surface area contributed by atoms with Crippen LogP contribution in [0.25, 0.3) is 0 Å². The molecule has 0 aromatic heterocycles. The summed E-state index contributed by atoms with van der Waals surface area (Å²) >= 11 is 0. The molecule has 166 valence electrons. The smallest absolute Gasteiger partial charge is 0.309 e. The molecule has 4 fully saturated rings. The normalized spacial score (nSPS) is 46.4. The van der Waals surface area contributed by atoms with Crippen molar-refractivity contribution in [2.45, 2.75) is 65.9 Å². The van der Waals surface area contributed by atoms with Gasteiger partial charge in [-0.3, -0.25) is 4.79 Å². The molecule has 4 aliphatic rings.